The van der Waals surface area contributed by atoms with Crippen LogP contribution in [0.1, 0.15) is 75.2 Å². The lowest BCUT2D eigenvalue weighted by Gasteiger charge is -2.50. The molecule has 0 aromatic heterocycles. The minimum atomic E-state index is -1.91. The molecule has 2 rings (SSSR count). The molecule has 1 saturated heterocycles. The van der Waals surface area contributed by atoms with Crippen molar-refractivity contribution in [3.63, 3.8) is 0 Å². The Bertz CT molecular complexity index is 1530. The molecule has 0 saturated carbocycles. The number of ether oxygens (including phenoxy) is 6. The molecular formula is C45H66O11. The lowest BCUT2D eigenvalue weighted by atomic mass is 9.76. The number of hydrogen-bond acceptors (Lipinski definition) is 11. The van der Waals surface area contributed by atoms with Crippen LogP contribution in [0.3, 0.4) is 0 Å². The van der Waals surface area contributed by atoms with Crippen molar-refractivity contribution in [3.05, 3.63) is 96.9 Å². The minimum absolute atomic E-state index is 0.0554. The van der Waals surface area contributed by atoms with Crippen LogP contribution in [0.25, 0.3) is 0 Å². The van der Waals surface area contributed by atoms with E-state index in [0.29, 0.717) is 12.0 Å². The van der Waals surface area contributed by atoms with Gasteiger partial charge in [0, 0.05) is 49.4 Å². The van der Waals surface area contributed by atoms with Gasteiger partial charge in [-0.25, -0.2) is 14.4 Å². The summed E-state index contributed by atoms with van der Waals surface area (Å²) in [6.07, 6.45) is 13.1. The van der Waals surface area contributed by atoms with E-state index in [-0.39, 0.29) is 35.9 Å². The molecule has 0 radical (unpaired) electrons. The molecule has 2 aliphatic rings. The second-order valence-electron chi connectivity index (χ2n) is 15.6. The molecule has 56 heavy (non-hydrogen) atoms. The summed E-state index contributed by atoms with van der Waals surface area (Å²) in [4.78, 5) is 39.1. The van der Waals surface area contributed by atoms with E-state index < -0.39 is 72.2 Å². The lowest BCUT2D eigenvalue weighted by molar-refractivity contribution is -0.329. The summed E-state index contributed by atoms with van der Waals surface area (Å²) in [6.45, 7) is 24.1. The number of carbonyl (C=O) groups is 3. The molecule has 2 N–H and O–H groups in total. The van der Waals surface area contributed by atoms with Crippen molar-refractivity contribution in [1.82, 2.24) is 0 Å². The Morgan fingerprint density at radius 2 is 1.59 bits per heavy atom. The van der Waals surface area contributed by atoms with E-state index in [0.717, 1.165) is 5.57 Å². The second kappa shape index (κ2) is 22.6. The highest BCUT2D eigenvalue weighted by Gasteiger charge is 2.53. The Morgan fingerprint density at radius 1 is 0.982 bits per heavy atom. The van der Waals surface area contributed by atoms with Gasteiger partial charge in [0.05, 0.1) is 19.3 Å². The van der Waals surface area contributed by atoms with Crippen LogP contribution >= 0.6 is 0 Å². The van der Waals surface area contributed by atoms with Crippen LogP contribution in [0.15, 0.2) is 96.9 Å². The zero-order valence-electron chi connectivity index (χ0n) is 35.2. The number of allylic oxidation sites excluding steroid dienone is 9. The first-order valence-electron chi connectivity index (χ1n) is 19.4. The van der Waals surface area contributed by atoms with Gasteiger partial charge in [-0.2, -0.15) is 0 Å². The van der Waals surface area contributed by atoms with E-state index >= 15 is 0 Å². The van der Waals surface area contributed by atoms with Crippen molar-refractivity contribution in [2.45, 2.75) is 118 Å². The van der Waals surface area contributed by atoms with Crippen LogP contribution in [0.2, 0.25) is 0 Å². The largest absolute Gasteiger partial charge is 0.490 e. The van der Waals surface area contributed by atoms with E-state index in [4.69, 9.17) is 28.4 Å². The Morgan fingerprint density at radius 3 is 2.14 bits per heavy atom. The van der Waals surface area contributed by atoms with Crippen molar-refractivity contribution in [2.75, 3.05) is 14.2 Å². The number of rotatable bonds is 13. The average Bonchev–Trinajstić information content (AvgIpc) is 3.14. The molecule has 0 aromatic carbocycles. The summed E-state index contributed by atoms with van der Waals surface area (Å²) in [5.74, 6) is -6.28. The van der Waals surface area contributed by atoms with E-state index in [9.17, 15) is 24.6 Å². The maximum absolute atomic E-state index is 13.9. The normalized spacial score (nSPS) is 34.8. The quantitative estimate of drug-likeness (QED) is 0.0841. The molecule has 0 aromatic rings. The zero-order chi connectivity index (χ0) is 42.3. The number of cyclic esters (lactones) is 1. The fourth-order valence-corrected chi connectivity index (χ4v) is 7.54. The average molecular weight is 783 g/mol. The molecule has 1 fully saturated rings. The highest BCUT2D eigenvalue weighted by atomic mass is 16.6. The molecule has 0 spiro atoms. The molecule has 11 nitrogen and oxygen atoms in total. The topological polar surface area (TPSA) is 147 Å². The minimum Gasteiger partial charge on any atom is -0.490 e. The van der Waals surface area contributed by atoms with Gasteiger partial charge in [-0.05, 0) is 38.2 Å². The van der Waals surface area contributed by atoms with Gasteiger partial charge in [0.2, 0.25) is 5.76 Å². The summed E-state index contributed by atoms with van der Waals surface area (Å²) in [6, 6.07) is 0. The molecule has 1 unspecified atom stereocenters. The van der Waals surface area contributed by atoms with E-state index in [1.165, 1.54) is 50.7 Å². The fraction of sp³-hybridized carbons (Fsp3) is 0.578. The standard InChI is InChI=1S/C45H66O11/c1-14-16-21-38(46)53-37-26-45(50,56-41(27(3)4)32(37)9)34(11)40(48)33(10)43-35(51-12)20-18-19-28(5)23-30(7)42(54-39(47)22-17-15-2)31(8)24-29(6)25-36(52-13)44(49)55-43/h14-22,24-25,27,30-35,37,40-43,48,50H,1-2,23,26H2,3-13H3/b20-18+,21-16+,22-17+,28-19+,29-24+,36-25-/t30-,31+,32-,33-,34-,35-,37+,40+,41+,42-,43+,45?/m0/s1. The molecule has 12 atom stereocenters. The van der Waals surface area contributed by atoms with Crippen molar-refractivity contribution in [2.24, 2.45) is 35.5 Å². The first-order valence-corrected chi connectivity index (χ1v) is 19.4. The highest BCUT2D eigenvalue weighted by Crippen LogP contribution is 2.42. The monoisotopic (exact) mass is 782 g/mol. The van der Waals surface area contributed by atoms with Crippen LogP contribution in [0, 0.1) is 35.5 Å². The van der Waals surface area contributed by atoms with Gasteiger partial charge in [0.1, 0.15) is 24.4 Å². The third-order valence-corrected chi connectivity index (χ3v) is 10.7. The van der Waals surface area contributed by atoms with Crippen LogP contribution in [-0.2, 0) is 42.8 Å². The second-order valence-corrected chi connectivity index (χ2v) is 15.6. The fourth-order valence-electron chi connectivity index (χ4n) is 7.54. The van der Waals surface area contributed by atoms with Gasteiger partial charge < -0.3 is 38.6 Å². The molecular weight excluding hydrogens is 716 g/mol. The third kappa shape index (κ3) is 13.6. The predicted octanol–water partition coefficient (Wildman–Crippen LogP) is 7.28. The van der Waals surface area contributed by atoms with Crippen LogP contribution in [-0.4, -0.2) is 84.8 Å². The Kier molecular flexibility index (Phi) is 19.5. The van der Waals surface area contributed by atoms with Crippen LogP contribution in [0.5, 0.6) is 0 Å². The van der Waals surface area contributed by atoms with Gasteiger partial charge in [0.15, 0.2) is 5.79 Å². The molecule has 0 amide bonds. The van der Waals surface area contributed by atoms with E-state index in [2.05, 4.69) is 13.2 Å². The van der Waals surface area contributed by atoms with Crippen LogP contribution in [0.4, 0.5) is 0 Å². The number of esters is 3. The molecule has 2 aliphatic heterocycles. The predicted molar refractivity (Wildman–Crippen MR) is 217 cm³/mol. The number of methoxy groups -OCH3 is 2. The summed E-state index contributed by atoms with van der Waals surface area (Å²) in [5, 5.41) is 24.2. The molecule has 0 bridgehead atoms. The zero-order valence-corrected chi connectivity index (χ0v) is 35.2. The first kappa shape index (κ1) is 48.1. The van der Waals surface area contributed by atoms with E-state index in [1.807, 2.05) is 53.7 Å². The van der Waals surface area contributed by atoms with Crippen LogP contribution < -0.4 is 0 Å². The number of aliphatic hydroxyl groups excluding tert-OH is 1. The number of hydrogen-bond donors (Lipinski definition) is 2. The summed E-state index contributed by atoms with van der Waals surface area (Å²) in [5.41, 5.74) is 1.67. The van der Waals surface area contributed by atoms with Gasteiger partial charge in [-0.1, -0.05) is 121 Å². The molecule has 2 heterocycles. The van der Waals surface area contributed by atoms with Crippen molar-refractivity contribution in [3.8, 4) is 0 Å². The maximum atomic E-state index is 13.9. The van der Waals surface area contributed by atoms with Crippen molar-refractivity contribution < 1.29 is 53.0 Å². The molecule has 11 heteroatoms. The Balaban J connectivity index is 2.58. The third-order valence-electron chi connectivity index (χ3n) is 10.7. The molecule has 0 aliphatic carbocycles. The Labute approximate surface area is 334 Å². The van der Waals surface area contributed by atoms with Gasteiger partial charge in [-0.15, -0.1) is 0 Å². The van der Waals surface area contributed by atoms with E-state index in [1.54, 1.807) is 39.0 Å². The lowest BCUT2D eigenvalue weighted by Crippen LogP contribution is -2.59. The SMILES string of the molecule is C=C/C=C/C(=O)O[C@@H]1[C@H](C)/C=C(C)/C=C(\OC)C(=O)O[C@H]([C@@H](C)[C@@H](O)[C@H](C)C2(O)C[C@@H](OC(=O)/C=C/C=C)[C@H](C)[C@@H](C(C)C)O2)[C@@H](OC)/C=C/C=C(\C)C[C@@H]1C. The van der Waals surface area contributed by atoms with Gasteiger partial charge in [-0.3, -0.25) is 0 Å². The maximum Gasteiger partial charge on any atom is 0.373 e. The molecule has 312 valence electrons. The van der Waals surface area contributed by atoms with Crippen molar-refractivity contribution in [1.29, 1.82) is 0 Å². The Hall–Kier alpha value is -4.03. The smallest absolute Gasteiger partial charge is 0.373 e. The number of carbonyl (C=O) groups excluding carboxylic acids is 3. The summed E-state index contributed by atoms with van der Waals surface area (Å²) >= 11 is 0. The van der Waals surface area contributed by atoms with Gasteiger partial charge in [0.25, 0.3) is 0 Å². The van der Waals surface area contributed by atoms with Crippen molar-refractivity contribution >= 4 is 17.9 Å². The number of aliphatic hydroxyl groups is 2. The first-order chi connectivity index (χ1) is 26.3. The summed E-state index contributed by atoms with van der Waals surface area (Å²) in [7, 11) is 2.83. The van der Waals surface area contributed by atoms with Gasteiger partial charge >= 0.3 is 17.9 Å². The summed E-state index contributed by atoms with van der Waals surface area (Å²) < 4.78 is 35.6. The highest BCUT2D eigenvalue weighted by molar-refractivity contribution is 5.87.